The first-order valence-corrected chi connectivity index (χ1v) is 5.92. The second-order valence-electron chi connectivity index (χ2n) is 2.47. The molecule has 1 unspecified atom stereocenters. The predicted octanol–water partition coefficient (Wildman–Crippen LogP) is 2.74. The first-order chi connectivity index (χ1) is 4.22. The largest absolute Gasteiger partial charge is 0.164 e. The minimum Gasteiger partial charge on any atom is -0.164 e. The molecule has 0 N–H and O–H groups in total. The van der Waals surface area contributed by atoms with Gasteiger partial charge in [0.1, 0.15) is 0 Å². The lowest BCUT2D eigenvalue weighted by atomic mass is 10.1. The van der Waals surface area contributed by atoms with E-state index in [1.54, 1.807) is 0 Å². The van der Waals surface area contributed by atoms with Crippen molar-refractivity contribution in [1.29, 1.82) is 0 Å². The summed E-state index contributed by atoms with van der Waals surface area (Å²) in [6.07, 6.45) is 4.37. The minimum absolute atomic E-state index is 0.826. The summed E-state index contributed by atoms with van der Waals surface area (Å²) in [6, 6.07) is 0. The lowest BCUT2D eigenvalue weighted by Crippen LogP contribution is -2.13. The molecule has 2 heteroatoms. The highest BCUT2D eigenvalue weighted by Gasteiger charge is 2.09. The van der Waals surface area contributed by atoms with E-state index in [0.717, 1.165) is 11.2 Å². The van der Waals surface area contributed by atoms with Crippen LogP contribution in [0.15, 0.2) is 0 Å². The Morgan fingerprint density at radius 1 is 1.22 bits per heavy atom. The fraction of sp³-hybridized carbons (Fsp3) is 1.00. The Hall–Kier alpha value is 0.700. The zero-order chi connectivity index (χ0) is 7.28. The molecule has 0 amide bonds. The quantitative estimate of drug-likeness (QED) is 0.626. The first-order valence-electron chi connectivity index (χ1n) is 3.24. The van der Waals surface area contributed by atoms with Crippen molar-refractivity contribution in [2.75, 3.05) is 18.3 Å². The average Bonchev–Trinajstić information content (AvgIpc) is 1.82. The zero-order valence-corrected chi connectivity index (χ0v) is 8.31. The molecule has 0 spiro atoms. The number of hydrogen-bond donors (Lipinski definition) is 0. The van der Waals surface area contributed by atoms with Gasteiger partial charge in [-0.25, -0.2) is 0 Å². The SMILES string of the molecule is CSCC(SC)C(C)C. The molecule has 0 nitrogen and oxygen atoms in total. The van der Waals surface area contributed by atoms with Crippen LogP contribution in [0.2, 0.25) is 0 Å². The maximum absolute atomic E-state index is 2.29. The Balaban J connectivity index is 3.41. The second kappa shape index (κ2) is 5.48. The molecule has 0 fully saturated rings. The van der Waals surface area contributed by atoms with Crippen molar-refractivity contribution in [3.05, 3.63) is 0 Å². The van der Waals surface area contributed by atoms with Gasteiger partial charge in [0.25, 0.3) is 0 Å². The predicted molar refractivity (Wildman–Crippen MR) is 50.5 cm³/mol. The second-order valence-corrected chi connectivity index (χ2v) is 4.46. The van der Waals surface area contributed by atoms with E-state index in [1.807, 2.05) is 23.5 Å². The zero-order valence-electron chi connectivity index (χ0n) is 6.68. The van der Waals surface area contributed by atoms with Gasteiger partial charge in [-0.05, 0) is 18.4 Å². The molecule has 0 saturated heterocycles. The molecule has 0 aromatic rings. The summed E-state index contributed by atoms with van der Waals surface area (Å²) in [5.74, 6) is 2.12. The van der Waals surface area contributed by atoms with Gasteiger partial charge in [-0.1, -0.05) is 13.8 Å². The molecule has 0 rings (SSSR count). The van der Waals surface area contributed by atoms with Gasteiger partial charge < -0.3 is 0 Å². The molecule has 0 aromatic carbocycles. The summed E-state index contributed by atoms with van der Waals surface area (Å²) in [6.45, 7) is 4.58. The van der Waals surface area contributed by atoms with Crippen LogP contribution in [0, 0.1) is 5.92 Å². The molecule has 0 aliphatic heterocycles. The summed E-state index contributed by atoms with van der Waals surface area (Å²) < 4.78 is 0. The standard InChI is InChI=1S/C7H16S2/c1-6(2)7(9-4)5-8-3/h6-7H,5H2,1-4H3. The van der Waals surface area contributed by atoms with Crippen LogP contribution in [-0.2, 0) is 0 Å². The fourth-order valence-corrected chi connectivity index (χ4v) is 2.91. The number of rotatable bonds is 4. The molecule has 0 radical (unpaired) electrons. The van der Waals surface area contributed by atoms with Crippen molar-refractivity contribution in [1.82, 2.24) is 0 Å². The fourth-order valence-electron chi connectivity index (χ4n) is 0.697. The van der Waals surface area contributed by atoms with Crippen molar-refractivity contribution >= 4 is 23.5 Å². The van der Waals surface area contributed by atoms with Gasteiger partial charge in [0.05, 0.1) is 0 Å². The lowest BCUT2D eigenvalue weighted by molar-refractivity contribution is 0.649. The normalized spacial score (nSPS) is 14.3. The van der Waals surface area contributed by atoms with E-state index in [4.69, 9.17) is 0 Å². The van der Waals surface area contributed by atoms with Crippen LogP contribution in [0.1, 0.15) is 13.8 Å². The Morgan fingerprint density at radius 2 is 1.78 bits per heavy atom. The molecular formula is C7H16S2. The Morgan fingerprint density at radius 3 is 1.89 bits per heavy atom. The van der Waals surface area contributed by atoms with E-state index in [1.165, 1.54) is 5.75 Å². The smallest absolute Gasteiger partial charge is 0.0158 e. The van der Waals surface area contributed by atoms with Crippen LogP contribution in [0.4, 0.5) is 0 Å². The van der Waals surface area contributed by atoms with Crippen molar-refractivity contribution in [2.24, 2.45) is 5.92 Å². The van der Waals surface area contributed by atoms with Crippen LogP contribution in [-0.4, -0.2) is 23.5 Å². The van der Waals surface area contributed by atoms with E-state index < -0.39 is 0 Å². The van der Waals surface area contributed by atoms with Crippen molar-refractivity contribution in [3.8, 4) is 0 Å². The molecule has 0 saturated carbocycles. The molecule has 1 atom stereocenters. The van der Waals surface area contributed by atoms with Gasteiger partial charge in [-0.2, -0.15) is 23.5 Å². The summed E-state index contributed by atoms with van der Waals surface area (Å²) in [5.41, 5.74) is 0. The molecule has 9 heavy (non-hydrogen) atoms. The lowest BCUT2D eigenvalue weighted by Gasteiger charge is -2.16. The molecule has 0 bridgehead atoms. The average molecular weight is 164 g/mol. The van der Waals surface area contributed by atoms with Crippen LogP contribution in [0.5, 0.6) is 0 Å². The van der Waals surface area contributed by atoms with E-state index in [-0.39, 0.29) is 0 Å². The maximum atomic E-state index is 2.29. The third-order valence-electron chi connectivity index (χ3n) is 1.38. The third-order valence-corrected chi connectivity index (χ3v) is 3.60. The molecule has 56 valence electrons. The van der Waals surface area contributed by atoms with Crippen LogP contribution in [0.25, 0.3) is 0 Å². The van der Waals surface area contributed by atoms with E-state index in [9.17, 15) is 0 Å². The van der Waals surface area contributed by atoms with Gasteiger partial charge in [0, 0.05) is 11.0 Å². The van der Waals surface area contributed by atoms with Crippen molar-refractivity contribution in [3.63, 3.8) is 0 Å². The van der Waals surface area contributed by atoms with E-state index in [2.05, 4.69) is 26.4 Å². The summed E-state index contributed by atoms with van der Waals surface area (Å²) >= 11 is 3.92. The highest BCUT2D eigenvalue weighted by Crippen LogP contribution is 2.19. The van der Waals surface area contributed by atoms with Crippen molar-refractivity contribution < 1.29 is 0 Å². The highest BCUT2D eigenvalue weighted by molar-refractivity contribution is 8.02. The third kappa shape index (κ3) is 4.15. The van der Waals surface area contributed by atoms with Gasteiger partial charge in [0.15, 0.2) is 0 Å². The number of thioether (sulfide) groups is 2. The molecule has 0 aliphatic carbocycles. The van der Waals surface area contributed by atoms with Gasteiger partial charge in [0.2, 0.25) is 0 Å². The van der Waals surface area contributed by atoms with Crippen molar-refractivity contribution in [2.45, 2.75) is 19.1 Å². The Bertz CT molecular complexity index is 61.9. The minimum atomic E-state index is 0.826. The Labute approximate surface area is 67.2 Å². The number of hydrogen-bond acceptors (Lipinski definition) is 2. The first kappa shape index (κ1) is 9.70. The maximum Gasteiger partial charge on any atom is 0.0158 e. The van der Waals surface area contributed by atoms with Gasteiger partial charge in [-0.3, -0.25) is 0 Å². The van der Waals surface area contributed by atoms with Gasteiger partial charge >= 0.3 is 0 Å². The topological polar surface area (TPSA) is 0 Å². The van der Waals surface area contributed by atoms with E-state index >= 15 is 0 Å². The molecule has 0 aromatic heterocycles. The van der Waals surface area contributed by atoms with Crippen LogP contribution >= 0.6 is 23.5 Å². The molecular weight excluding hydrogens is 148 g/mol. The summed E-state index contributed by atoms with van der Waals surface area (Å²) in [4.78, 5) is 0. The van der Waals surface area contributed by atoms with Gasteiger partial charge in [-0.15, -0.1) is 0 Å². The van der Waals surface area contributed by atoms with Crippen LogP contribution in [0.3, 0.4) is 0 Å². The highest BCUT2D eigenvalue weighted by atomic mass is 32.2. The Kier molecular flexibility index (Phi) is 5.91. The summed E-state index contributed by atoms with van der Waals surface area (Å²) in [7, 11) is 0. The summed E-state index contributed by atoms with van der Waals surface area (Å²) in [5, 5.41) is 0.847. The molecule has 0 heterocycles. The monoisotopic (exact) mass is 164 g/mol. The molecule has 0 aliphatic rings. The van der Waals surface area contributed by atoms with E-state index in [0.29, 0.717) is 0 Å². The van der Waals surface area contributed by atoms with Crippen LogP contribution < -0.4 is 0 Å².